The first-order valence-corrected chi connectivity index (χ1v) is 5.73. The molecule has 1 N–H and O–H groups in total. The molecule has 0 bridgehead atoms. The second kappa shape index (κ2) is 6.82. The van der Waals surface area contributed by atoms with E-state index >= 15 is 0 Å². The highest BCUT2D eigenvalue weighted by molar-refractivity contribution is 5.53. The Hall–Kier alpha value is -1.58. The van der Waals surface area contributed by atoms with Crippen LogP contribution in [0.2, 0.25) is 0 Å². The zero-order chi connectivity index (χ0) is 12.7. The molecule has 90 valence electrons. The zero-order valence-corrected chi connectivity index (χ0v) is 11.0. The zero-order valence-electron chi connectivity index (χ0n) is 11.0. The van der Waals surface area contributed by atoms with Gasteiger partial charge in [-0.25, -0.2) is 4.52 Å². The van der Waals surface area contributed by atoms with E-state index in [0.29, 0.717) is 5.52 Å². The molecule has 4 nitrogen and oxygen atoms in total. The van der Waals surface area contributed by atoms with E-state index in [9.17, 15) is 4.79 Å². The molecule has 0 fully saturated rings. The largest absolute Gasteiger partial charge is 0.310 e. The summed E-state index contributed by atoms with van der Waals surface area (Å²) in [5, 5.41) is 4.02. The Morgan fingerprint density at radius 1 is 1.19 bits per heavy atom. The van der Waals surface area contributed by atoms with Gasteiger partial charge < -0.3 is 4.98 Å². The van der Waals surface area contributed by atoms with E-state index in [2.05, 4.69) is 10.1 Å². The van der Waals surface area contributed by atoms with Crippen molar-refractivity contribution in [2.24, 2.45) is 0 Å². The van der Waals surface area contributed by atoms with Crippen molar-refractivity contribution in [1.29, 1.82) is 0 Å². The molecule has 0 aliphatic carbocycles. The Kier molecular flexibility index (Phi) is 6.15. The molecular formula is C12H21N3O. The molecule has 2 aromatic heterocycles. The Balaban J connectivity index is 0.000000509. The number of hydrogen-bond donors (Lipinski definition) is 1. The van der Waals surface area contributed by atoms with Gasteiger partial charge in [0.2, 0.25) is 0 Å². The third-order valence-electron chi connectivity index (χ3n) is 1.93. The molecule has 0 spiro atoms. The van der Waals surface area contributed by atoms with Crippen molar-refractivity contribution in [3.05, 3.63) is 34.0 Å². The SMILES string of the molecule is CC.CC.Cc1cc(C)n2nc[nH]c(=O)c12. The van der Waals surface area contributed by atoms with Crippen LogP contribution in [0.3, 0.4) is 0 Å². The molecule has 2 aromatic rings. The standard InChI is InChI=1S/C8H9N3O.2C2H6/c1-5-3-6(2)11-7(5)8(12)9-4-10-11;2*1-2/h3-4H,1-2H3,(H,9,10,12);2*1-2H3. The first-order chi connectivity index (χ1) is 7.70. The summed E-state index contributed by atoms with van der Waals surface area (Å²) in [7, 11) is 0. The highest BCUT2D eigenvalue weighted by atomic mass is 16.1. The molecule has 0 radical (unpaired) electrons. The Morgan fingerprint density at radius 2 is 1.75 bits per heavy atom. The number of hydrogen-bond acceptors (Lipinski definition) is 2. The molecule has 0 amide bonds. The molecule has 0 unspecified atom stereocenters. The normalized spacial score (nSPS) is 8.88. The summed E-state index contributed by atoms with van der Waals surface area (Å²) >= 11 is 0. The fourth-order valence-corrected chi connectivity index (χ4v) is 1.42. The van der Waals surface area contributed by atoms with Crippen LogP contribution < -0.4 is 5.56 Å². The minimum atomic E-state index is -0.0874. The molecule has 0 atom stereocenters. The molecule has 0 aromatic carbocycles. The Morgan fingerprint density at radius 3 is 2.25 bits per heavy atom. The van der Waals surface area contributed by atoms with Crippen LogP contribution in [-0.2, 0) is 0 Å². The lowest BCUT2D eigenvalue weighted by atomic mass is 10.3. The average Bonchev–Trinajstić information content (AvgIpc) is 2.61. The van der Waals surface area contributed by atoms with Crippen molar-refractivity contribution in [3.8, 4) is 0 Å². The van der Waals surface area contributed by atoms with E-state index in [1.165, 1.54) is 6.33 Å². The third kappa shape index (κ3) is 2.72. The second-order valence-electron chi connectivity index (χ2n) is 2.85. The van der Waals surface area contributed by atoms with E-state index in [-0.39, 0.29) is 5.56 Å². The minimum Gasteiger partial charge on any atom is -0.310 e. The minimum absolute atomic E-state index is 0.0874. The molecular weight excluding hydrogens is 202 g/mol. The lowest BCUT2D eigenvalue weighted by molar-refractivity contribution is 0.859. The lowest BCUT2D eigenvalue weighted by Crippen LogP contribution is -2.11. The Bertz CT molecular complexity index is 482. The summed E-state index contributed by atoms with van der Waals surface area (Å²) in [5.41, 5.74) is 2.49. The maximum atomic E-state index is 11.3. The van der Waals surface area contributed by atoms with Gasteiger partial charge in [0.05, 0.1) is 0 Å². The summed E-state index contributed by atoms with van der Waals surface area (Å²) in [6.45, 7) is 11.8. The van der Waals surface area contributed by atoms with Gasteiger partial charge in [-0.15, -0.1) is 0 Å². The summed E-state index contributed by atoms with van der Waals surface area (Å²) in [4.78, 5) is 13.8. The van der Waals surface area contributed by atoms with Crippen LogP contribution in [0.25, 0.3) is 5.52 Å². The molecule has 2 heterocycles. The van der Waals surface area contributed by atoms with Crippen LogP contribution >= 0.6 is 0 Å². The van der Waals surface area contributed by atoms with Crippen molar-refractivity contribution < 1.29 is 0 Å². The molecule has 0 aliphatic heterocycles. The summed E-state index contributed by atoms with van der Waals surface area (Å²) < 4.78 is 1.65. The van der Waals surface area contributed by atoms with Crippen molar-refractivity contribution in [2.75, 3.05) is 0 Å². The van der Waals surface area contributed by atoms with Crippen molar-refractivity contribution in [2.45, 2.75) is 41.5 Å². The number of aromatic amines is 1. The van der Waals surface area contributed by atoms with E-state index in [0.717, 1.165) is 11.3 Å². The van der Waals surface area contributed by atoms with Gasteiger partial charge in [-0.3, -0.25) is 4.79 Å². The Labute approximate surface area is 96.3 Å². The maximum absolute atomic E-state index is 11.3. The highest BCUT2D eigenvalue weighted by Gasteiger charge is 2.05. The van der Waals surface area contributed by atoms with Gasteiger partial charge in [0.1, 0.15) is 11.8 Å². The first kappa shape index (κ1) is 14.4. The van der Waals surface area contributed by atoms with Crippen LogP contribution in [0.15, 0.2) is 17.2 Å². The topological polar surface area (TPSA) is 50.2 Å². The third-order valence-corrected chi connectivity index (χ3v) is 1.93. The predicted molar refractivity (Wildman–Crippen MR) is 68.0 cm³/mol. The number of aromatic nitrogens is 3. The van der Waals surface area contributed by atoms with Gasteiger partial charge in [-0.1, -0.05) is 27.7 Å². The van der Waals surface area contributed by atoms with Gasteiger partial charge in [-0.05, 0) is 25.5 Å². The summed E-state index contributed by atoms with van der Waals surface area (Å²) in [5.74, 6) is 0. The van der Waals surface area contributed by atoms with E-state index in [1.807, 2.05) is 47.6 Å². The quantitative estimate of drug-likeness (QED) is 0.746. The fraction of sp³-hybridized carbons (Fsp3) is 0.500. The van der Waals surface area contributed by atoms with E-state index < -0.39 is 0 Å². The predicted octanol–water partition coefficient (Wildman–Crippen LogP) is 2.69. The molecule has 0 saturated heterocycles. The lowest BCUT2D eigenvalue weighted by Gasteiger charge is -1.93. The summed E-state index contributed by atoms with van der Waals surface area (Å²) in [6, 6.07) is 1.94. The van der Waals surface area contributed by atoms with Crippen molar-refractivity contribution in [1.82, 2.24) is 14.6 Å². The monoisotopic (exact) mass is 223 g/mol. The number of H-pyrrole nitrogens is 1. The number of nitrogens with one attached hydrogen (secondary N) is 1. The summed E-state index contributed by atoms with van der Waals surface area (Å²) in [6.07, 6.45) is 1.40. The molecule has 16 heavy (non-hydrogen) atoms. The fourth-order valence-electron chi connectivity index (χ4n) is 1.42. The molecule has 4 heteroatoms. The van der Waals surface area contributed by atoms with Crippen LogP contribution in [-0.4, -0.2) is 14.6 Å². The number of rotatable bonds is 0. The van der Waals surface area contributed by atoms with Gasteiger partial charge in [0, 0.05) is 5.69 Å². The van der Waals surface area contributed by atoms with Crippen molar-refractivity contribution in [3.63, 3.8) is 0 Å². The van der Waals surface area contributed by atoms with Gasteiger partial charge in [-0.2, -0.15) is 5.10 Å². The van der Waals surface area contributed by atoms with Crippen LogP contribution in [0.4, 0.5) is 0 Å². The van der Waals surface area contributed by atoms with Gasteiger partial charge in [0.25, 0.3) is 5.56 Å². The first-order valence-electron chi connectivity index (χ1n) is 5.73. The van der Waals surface area contributed by atoms with Crippen LogP contribution in [0, 0.1) is 13.8 Å². The average molecular weight is 223 g/mol. The molecule has 0 aliphatic rings. The molecule has 0 saturated carbocycles. The van der Waals surface area contributed by atoms with E-state index in [4.69, 9.17) is 0 Å². The number of aryl methyl sites for hydroxylation is 2. The highest BCUT2D eigenvalue weighted by Crippen LogP contribution is 2.08. The maximum Gasteiger partial charge on any atom is 0.275 e. The van der Waals surface area contributed by atoms with Crippen LogP contribution in [0.5, 0.6) is 0 Å². The molecule has 2 rings (SSSR count). The van der Waals surface area contributed by atoms with Crippen molar-refractivity contribution >= 4 is 5.52 Å². The van der Waals surface area contributed by atoms with E-state index in [1.54, 1.807) is 4.52 Å². The smallest absolute Gasteiger partial charge is 0.275 e. The van der Waals surface area contributed by atoms with Gasteiger partial charge >= 0.3 is 0 Å². The number of nitrogens with zero attached hydrogens (tertiary/aromatic N) is 2. The number of fused-ring (bicyclic) bond motifs is 1. The van der Waals surface area contributed by atoms with Crippen LogP contribution in [0.1, 0.15) is 39.0 Å². The van der Waals surface area contributed by atoms with Gasteiger partial charge in [0.15, 0.2) is 0 Å². The second-order valence-corrected chi connectivity index (χ2v) is 2.85.